The Bertz CT molecular complexity index is 1180. The van der Waals surface area contributed by atoms with Gasteiger partial charge in [0.15, 0.2) is 6.10 Å². The molecule has 1 aliphatic heterocycles. The van der Waals surface area contributed by atoms with Crippen molar-refractivity contribution >= 4 is 34.3 Å². The Balaban J connectivity index is 1.94. The topological polar surface area (TPSA) is 65.3 Å². The molecule has 1 aromatic carbocycles. The number of hydrogen-bond acceptors (Lipinski definition) is 6. The third-order valence-corrected chi connectivity index (χ3v) is 5.65. The molecular weight excluding hydrogens is 473 g/mol. The molecule has 4 rings (SSSR count). The molecule has 13 heteroatoms. The van der Waals surface area contributed by atoms with E-state index in [1.165, 1.54) is 17.7 Å². The van der Waals surface area contributed by atoms with Crippen LogP contribution in [0.3, 0.4) is 0 Å². The molecule has 7 nitrogen and oxygen atoms in total. The monoisotopic (exact) mass is 491 g/mol. The fourth-order valence-electron chi connectivity index (χ4n) is 4.14. The van der Waals surface area contributed by atoms with Gasteiger partial charge in [-0.25, -0.2) is 4.98 Å². The van der Waals surface area contributed by atoms with Gasteiger partial charge in [-0.15, -0.1) is 0 Å². The number of alkyl halides is 5. The highest BCUT2D eigenvalue weighted by molar-refractivity contribution is 6.35. The number of nitrogens with zero attached hydrogens (tertiary/aromatic N) is 5. The molecule has 0 spiro atoms. The Morgan fingerprint density at radius 3 is 2.30 bits per heavy atom. The minimum Gasteiger partial charge on any atom is -0.467 e. The quantitative estimate of drug-likeness (QED) is 0.440. The van der Waals surface area contributed by atoms with E-state index in [9.17, 15) is 22.0 Å². The summed E-state index contributed by atoms with van der Waals surface area (Å²) in [4.78, 5) is 14.9. The van der Waals surface area contributed by atoms with Crippen LogP contribution in [0.1, 0.15) is 29.5 Å². The number of imidazole rings is 1. The van der Waals surface area contributed by atoms with Crippen LogP contribution in [0.15, 0.2) is 12.1 Å². The van der Waals surface area contributed by atoms with E-state index in [2.05, 4.69) is 19.7 Å². The molecule has 2 aromatic heterocycles. The van der Waals surface area contributed by atoms with Crippen molar-refractivity contribution in [3.05, 3.63) is 34.1 Å². The summed E-state index contributed by atoms with van der Waals surface area (Å²) >= 11 is 6.26. The van der Waals surface area contributed by atoms with Gasteiger partial charge in [-0.05, 0) is 26.3 Å². The van der Waals surface area contributed by atoms with Crippen molar-refractivity contribution in [2.45, 2.75) is 45.7 Å². The number of ether oxygens (including phenoxy) is 2. The maximum absolute atomic E-state index is 13.7. The molecule has 1 unspecified atom stereocenters. The van der Waals surface area contributed by atoms with Gasteiger partial charge in [0.05, 0.1) is 34.7 Å². The second-order valence-electron chi connectivity index (χ2n) is 7.45. The third-order valence-electron chi connectivity index (χ3n) is 5.34. The Kier molecular flexibility index (Phi) is 6.08. The zero-order valence-corrected chi connectivity index (χ0v) is 18.5. The second kappa shape index (κ2) is 8.56. The van der Waals surface area contributed by atoms with Gasteiger partial charge in [-0.3, -0.25) is 0 Å². The van der Waals surface area contributed by atoms with Gasteiger partial charge in [-0.2, -0.15) is 31.9 Å². The minimum absolute atomic E-state index is 0.00471. The van der Waals surface area contributed by atoms with Gasteiger partial charge < -0.3 is 18.9 Å². The van der Waals surface area contributed by atoms with Gasteiger partial charge in [-0.1, -0.05) is 17.7 Å². The van der Waals surface area contributed by atoms with E-state index < -0.39 is 24.5 Å². The first-order chi connectivity index (χ1) is 15.5. The number of methoxy groups -OCH3 is 1. The summed E-state index contributed by atoms with van der Waals surface area (Å²) in [6, 6.07) is 2.43. The van der Waals surface area contributed by atoms with E-state index in [-0.39, 0.29) is 22.1 Å². The number of rotatable bonds is 5. The lowest BCUT2D eigenvalue weighted by molar-refractivity contribution is -0.276. The molecule has 0 fully saturated rings. The molecule has 1 aliphatic rings. The predicted molar refractivity (Wildman–Crippen MR) is 110 cm³/mol. The maximum atomic E-state index is 13.7. The molecule has 33 heavy (non-hydrogen) atoms. The molecular formula is C20H19ClF5N5O2. The van der Waals surface area contributed by atoms with E-state index >= 15 is 0 Å². The lowest BCUT2D eigenvalue weighted by atomic mass is 10.1. The third kappa shape index (κ3) is 4.17. The van der Waals surface area contributed by atoms with Crippen molar-refractivity contribution < 1.29 is 31.4 Å². The lowest BCUT2D eigenvalue weighted by Gasteiger charge is -2.31. The number of aromatic nitrogens is 4. The van der Waals surface area contributed by atoms with Crippen LogP contribution in [0, 0.1) is 13.8 Å². The normalized spacial score (nSPS) is 15.3. The van der Waals surface area contributed by atoms with Crippen LogP contribution in [0.2, 0.25) is 5.02 Å². The van der Waals surface area contributed by atoms with E-state index in [0.717, 1.165) is 6.07 Å². The van der Waals surface area contributed by atoms with Gasteiger partial charge >= 0.3 is 18.8 Å². The smallest absolute Gasteiger partial charge is 0.419 e. The summed E-state index contributed by atoms with van der Waals surface area (Å²) in [6.45, 7) is 0.684. The van der Waals surface area contributed by atoms with Gasteiger partial charge in [0.25, 0.3) is 0 Å². The van der Waals surface area contributed by atoms with Crippen molar-refractivity contribution in [1.29, 1.82) is 0 Å². The van der Waals surface area contributed by atoms with Crippen molar-refractivity contribution in [3.63, 3.8) is 0 Å². The summed E-state index contributed by atoms with van der Waals surface area (Å²) in [7, 11) is 1.44. The molecule has 0 radical (unpaired) electrons. The SMILES string of the molecule is COc1nc(C)c(N2CCCn3c2nc2c(Cl)ccc(C(OC(F)F)C(F)(F)F)c23)c(C)n1. The standard InChI is InChI=1S/C20H19ClF5N5O2/c1-9-14(10(2)28-18(27-9)32-3)30-7-4-8-31-15-11(16(20(24,25)26)33-17(22)23)5-6-12(21)13(15)29-19(30)31/h5-6,16-17H,4,7-8H2,1-3H3. The van der Waals surface area contributed by atoms with Crippen molar-refractivity contribution in [2.75, 3.05) is 18.6 Å². The van der Waals surface area contributed by atoms with Crippen LogP contribution < -0.4 is 9.64 Å². The highest BCUT2D eigenvalue weighted by atomic mass is 35.5. The molecule has 0 bridgehead atoms. The number of aryl methyl sites for hydroxylation is 3. The van der Waals surface area contributed by atoms with E-state index in [0.29, 0.717) is 42.5 Å². The van der Waals surface area contributed by atoms with E-state index in [4.69, 9.17) is 16.3 Å². The van der Waals surface area contributed by atoms with Gasteiger partial charge in [0, 0.05) is 18.7 Å². The summed E-state index contributed by atoms with van der Waals surface area (Å²) in [6.07, 6.45) is -7.38. The van der Waals surface area contributed by atoms with E-state index in [1.807, 2.05) is 0 Å². The zero-order valence-electron chi connectivity index (χ0n) is 17.8. The molecule has 0 amide bonds. The van der Waals surface area contributed by atoms with Crippen LogP contribution in [-0.4, -0.2) is 46.0 Å². The van der Waals surface area contributed by atoms with Gasteiger partial charge in [0.1, 0.15) is 5.52 Å². The van der Waals surface area contributed by atoms with Crippen molar-refractivity contribution in [1.82, 2.24) is 19.5 Å². The average molecular weight is 492 g/mol. The van der Waals surface area contributed by atoms with Crippen LogP contribution >= 0.6 is 11.6 Å². The first kappa shape index (κ1) is 23.4. The molecule has 3 aromatic rings. The Labute approximate surface area is 190 Å². The Morgan fingerprint density at radius 1 is 1.06 bits per heavy atom. The molecule has 0 N–H and O–H groups in total. The fraction of sp³-hybridized carbons (Fsp3) is 0.450. The summed E-state index contributed by atoms with van der Waals surface area (Å²) in [5.74, 6) is 0.309. The van der Waals surface area contributed by atoms with Crippen LogP contribution in [0.4, 0.5) is 33.6 Å². The molecule has 1 atom stereocenters. The molecule has 0 aliphatic carbocycles. The molecule has 0 saturated heterocycles. The maximum Gasteiger partial charge on any atom is 0.419 e. The number of fused-ring (bicyclic) bond motifs is 3. The highest BCUT2D eigenvalue weighted by Gasteiger charge is 2.45. The summed E-state index contributed by atoms with van der Waals surface area (Å²) in [5, 5.41) is 0.0907. The molecule has 3 heterocycles. The van der Waals surface area contributed by atoms with Crippen LogP contribution in [0.25, 0.3) is 11.0 Å². The number of halogens is 6. The number of benzene rings is 1. The zero-order chi connectivity index (χ0) is 24.1. The van der Waals surface area contributed by atoms with E-state index in [1.54, 1.807) is 18.7 Å². The Hall–Kier alpha value is -2.73. The number of anilines is 2. The van der Waals surface area contributed by atoms with Crippen molar-refractivity contribution in [2.24, 2.45) is 0 Å². The predicted octanol–water partition coefficient (Wildman–Crippen LogP) is 5.49. The largest absolute Gasteiger partial charge is 0.467 e. The Morgan fingerprint density at radius 2 is 1.73 bits per heavy atom. The summed E-state index contributed by atoms with van der Waals surface area (Å²) < 4.78 is 77.5. The number of hydrogen-bond donors (Lipinski definition) is 0. The van der Waals surface area contributed by atoms with Crippen molar-refractivity contribution in [3.8, 4) is 6.01 Å². The highest BCUT2D eigenvalue weighted by Crippen LogP contribution is 2.44. The van der Waals surface area contributed by atoms with Crippen LogP contribution in [0.5, 0.6) is 6.01 Å². The first-order valence-corrected chi connectivity index (χ1v) is 10.3. The molecule has 178 valence electrons. The van der Waals surface area contributed by atoms with Crippen LogP contribution in [-0.2, 0) is 11.3 Å². The fourth-order valence-corrected chi connectivity index (χ4v) is 4.34. The lowest BCUT2D eigenvalue weighted by Crippen LogP contribution is -2.30. The average Bonchev–Trinajstić information content (AvgIpc) is 3.13. The first-order valence-electron chi connectivity index (χ1n) is 9.88. The summed E-state index contributed by atoms with van der Waals surface area (Å²) in [5.41, 5.74) is 1.37. The second-order valence-corrected chi connectivity index (χ2v) is 7.86. The molecule has 0 saturated carbocycles. The van der Waals surface area contributed by atoms with Gasteiger partial charge in [0.2, 0.25) is 5.95 Å². The minimum atomic E-state index is -5.08.